The van der Waals surface area contributed by atoms with Crippen LogP contribution < -0.4 is 0 Å². The molecule has 0 amide bonds. The van der Waals surface area contributed by atoms with E-state index in [-0.39, 0.29) is 16.7 Å². The first-order chi connectivity index (χ1) is 6.12. The summed E-state index contributed by atoms with van der Waals surface area (Å²) in [6.45, 7) is 10.7. The Balaban J connectivity index is 3.83. The summed E-state index contributed by atoms with van der Waals surface area (Å²) in [6, 6.07) is 0. The second kappa shape index (κ2) is 5.25. The van der Waals surface area contributed by atoms with Crippen molar-refractivity contribution in [3.05, 3.63) is 0 Å². The van der Waals surface area contributed by atoms with Crippen LogP contribution >= 0.6 is 0 Å². The van der Waals surface area contributed by atoms with E-state index >= 15 is 0 Å². The van der Waals surface area contributed by atoms with E-state index < -0.39 is 0 Å². The van der Waals surface area contributed by atoms with Crippen LogP contribution in [0.2, 0.25) is 11.1 Å². The van der Waals surface area contributed by atoms with Gasteiger partial charge in [-0.2, -0.15) is 0 Å². The molecule has 1 unspecified atom stereocenters. The van der Waals surface area contributed by atoms with E-state index in [1.165, 1.54) is 0 Å². The van der Waals surface area contributed by atoms with Crippen LogP contribution in [0, 0.1) is 0 Å². The summed E-state index contributed by atoms with van der Waals surface area (Å²) < 4.78 is 5.76. The van der Waals surface area contributed by atoms with E-state index in [1.54, 1.807) is 0 Å². The molecular formula is C11H22B2O. The second-order valence-corrected chi connectivity index (χ2v) is 5.55. The maximum Gasteiger partial charge on any atom is 0.0770 e. The Morgan fingerprint density at radius 3 is 2.07 bits per heavy atom. The first kappa shape index (κ1) is 14.1. The molecule has 0 N–H and O–H groups in total. The first-order valence-corrected chi connectivity index (χ1v) is 5.31. The smallest absolute Gasteiger partial charge is 0.0770 e. The average molecular weight is 192 g/mol. The molecule has 4 radical (unpaired) electrons. The summed E-state index contributed by atoms with van der Waals surface area (Å²) in [5.41, 5.74) is -0.121. The molecule has 0 spiro atoms. The molecule has 14 heavy (non-hydrogen) atoms. The molecule has 3 heteroatoms. The van der Waals surface area contributed by atoms with Gasteiger partial charge in [-0.25, -0.2) is 0 Å². The van der Waals surface area contributed by atoms with Crippen molar-refractivity contribution < 1.29 is 4.74 Å². The third-order valence-corrected chi connectivity index (χ3v) is 2.04. The minimum Gasteiger partial charge on any atom is -0.376 e. The summed E-state index contributed by atoms with van der Waals surface area (Å²) in [6.07, 6.45) is 1.96. The third kappa shape index (κ3) is 8.68. The van der Waals surface area contributed by atoms with Crippen molar-refractivity contribution in [3.8, 4) is 0 Å². The van der Waals surface area contributed by atoms with Crippen molar-refractivity contribution in [1.29, 1.82) is 0 Å². The zero-order chi connectivity index (χ0) is 11.4. The normalized spacial score (nSPS) is 15.5. The zero-order valence-corrected chi connectivity index (χ0v) is 10.3. The molecule has 0 aliphatic heterocycles. The first-order valence-electron chi connectivity index (χ1n) is 5.31. The van der Waals surface area contributed by atoms with E-state index in [1.807, 2.05) is 20.8 Å². The van der Waals surface area contributed by atoms with Gasteiger partial charge in [-0.1, -0.05) is 33.0 Å². The highest BCUT2D eigenvalue weighted by atomic mass is 16.5. The zero-order valence-electron chi connectivity index (χ0n) is 10.3. The standard InChI is InChI=1S/C11H22B2O/c1-9(12)6-7-11(4,5)14-8-10(2,3)13/h9H,6-8H2,1-5H3. The summed E-state index contributed by atoms with van der Waals surface area (Å²) in [5, 5.41) is -0.258. The molecule has 0 saturated carbocycles. The molecule has 0 aliphatic rings. The van der Waals surface area contributed by atoms with E-state index in [0.29, 0.717) is 6.61 Å². The largest absolute Gasteiger partial charge is 0.376 e. The molecule has 0 saturated heterocycles. The van der Waals surface area contributed by atoms with Crippen LogP contribution in [0.3, 0.4) is 0 Å². The van der Waals surface area contributed by atoms with Crippen molar-refractivity contribution in [2.24, 2.45) is 0 Å². The van der Waals surface area contributed by atoms with Crippen LogP contribution in [0.1, 0.15) is 47.5 Å². The lowest BCUT2D eigenvalue weighted by molar-refractivity contribution is -0.0341. The van der Waals surface area contributed by atoms with Crippen LogP contribution in [-0.2, 0) is 4.74 Å². The third-order valence-electron chi connectivity index (χ3n) is 2.04. The van der Waals surface area contributed by atoms with Gasteiger partial charge in [0, 0.05) is 6.61 Å². The van der Waals surface area contributed by atoms with Crippen LogP contribution in [0.15, 0.2) is 0 Å². The van der Waals surface area contributed by atoms with Crippen LogP contribution in [0.4, 0.5) is 0 Å². The van der Waals surface area contributed by atoms with Gasteiger partial charge in [0.05, 0.1) is 21.3 Å². The van der Waals surface area contributed by atoms with Gasteiger partial charge < -0.3 is 4.74 Å². The van der Waals surface area contributed by atoms with E-state index in [4.69, 9.17) is 20.4 Å². The highest BCUT2D eigenvalue weighted by Gasteiger charge is 2.21. The SMILES string of the molecule is [B]C(C)CCC(C)(C)OCC([B])(C)C. The molecule has 0 rings (SSSR count). The van der Waals surface area contributed by atoms with Gasteiger partial charge in [0.1, 0.15) is 0 Å². The fraction of sp³-hybridized carbons (Fsp3) is 1.00. The average Bonchev–Trinajstić information content (AvgIpc) is 1.97. The molecule has 0 aliphatic carbocycles. The lowest BCUT2D eigenvalue weighted by Crippen LogP contribution is -2.28. The lowest BCUT2D eigenvalue weighted by Gasteiger charge is -2.30. The Hall–Kier alpha value is 0.0899. The summed E-state index contributed by atoms with van der Waals surface area (Å²) in [7, 11) is 11.6. The van der Waals surface area contributed by atoms with Crippen molar-refractivity contribution >= 4 is 15.7 Å². The molecule has 0 fully saturated rings. The van der Waals surface area contributed by atoms with Gasteiger partial charge in [-0.3, -0.25) is 0 Å². The molecule has 0 bridgehead atoms. The Labute approximate surface area is 91.8 Å². The highest BCUT2D eigenvalue weighted by Crippen LogP contribution is 2.26. The molecule has 0 aromatic carbocycles. The monoisotopic (exact) mass is 192 g/mol. The Bertz CT molecular complexity index is 159. The van der Waals surface area contributed by atoms with Crippen LogP contribution in [0.5, 0.6) is 0 Å². The maximum absolute atomic E-state index is 5.85. The molecule has 1 atom stereocenters. The quantitative estimate of drug-likeness (QED) is 0.587. The van der Waals surface area contributed by atoms with Gasteiger partial charge in [0.15, 0.2) is 0 Å². The molecule has 1 nitrogen and oxygen atoms in total. The van der Waals surface area contributed by atoms with Gasteiger partial charge >= 0.3 is 0 Å². The Morgan fingerprint density at radius 2 is 1.71 bits per heavy atom. The van der Waals surface area contributed by atoms with Crippen LogP contribution in [0.25, 0.3) is 0 Å². The van der Waals surface area contributed by atoms with E-state index in [9.17, 15) is 0 Å². The topological polar surface area (TPSA) is 9.23 Å². The Kier molecular flexibility index (Phi) is 5.28. The highest BCUT2D eigenvalue weighted by molar-refractivity contribution is 6.14. The summed E-state index contributed by atoms with van der Waals surface area (Å²) >= 11 is 0. The van der Waals surface area contributed by atoms with Gasteiger partial charge in [-0.05, 0) is 25.6 Å². The number of ether oxygens (including phenoxy) is 1. The molecule has 0 aromatic rings. The van der Waals surface area contributed by atoms with E-state index in [0.717, 1.165) is 12.8 Å². The van der Waals surface area contributed by atoms with Gasteiger partial charge in [-0.15, -0.1) is 0 Å². The van der Waals surface area contributed by atoms with Crippen molar-refractivity contribution in [1.82, 2.24) is 0 Å². The van der Waals surface area contributed by atoms with Crippen molar-refractivity contribution in [2.75, 3.05) is 6.61 Å². The predicted molar refractivity (Wildman–Crippen MR) is 64.2 cm³/mol. The van der Waals surface area contributed by atoms with Crippen molar-refractivity contribution in [2.45, 2.75) is 64.2 Å². The van der Waals surface area contributed by atoms with E-state index in [2.05, 4.69) is 13.8 Å². The summed E-state index contributed by atoms with van der Waals surface area (Å²) in [5.74, 6) is 0.240. The van der Waals surface area contributed by atoms with Gasteiger partial charge in [0.25, 0.3) is 0 Å². The Morgan fingerprint density at radius 1 is 1.21 bits per heavy atom. The fourth-order valence-corrected chi connectivity index (χ4v) is 1.03. The molecule has 0 aromatic heterocycles. The predicted octanol–water partition coefficient (Wildman–Crippen LogP) is 2.91. The lowest BCUT2D eigenvalue weighted by atomic mass is 9.73. The number of hydrogen-bond acceptors (Lipinski definition) is 1. The molecular weight excluding hydrogens is 170 g/mol. The number of hydrogen-bond donors (Lipinski definition) is 0. The van der Waals surface area contributed by atoms with Crippen molar-refractivity contribution in [3.63, 3.8) is 0 Å². The summed E-state index contributed by atoms with van der Waals surface area (Å²) in [4.78, 5) is 0. The van der Waals surface area contributed by atoms with Gasteiger partial charge in [0.2, 0.25) is 0 Å². The minimum atomic E-state index is -0.258. The number of rotatable bonds is 6. The molecule has 78 valence electrons. The maximum atomic E-state index is 5.85. The minimum absolute atomic E-state index is 0.121. The second-order valence-electron chi connectivity index (χ2n) is 5.55. The van der Waals surface area contributed by atoms with Crippen LogP contribution in [-0.4, -0.2) is 27.9 Å². The molecule has 0 heterocycles. The fourth-order valence-electron chi connectivity index (χ4n) is 1.03.